The van der Waals surface area contributed by atoms with Crippen molar-refractivity contribution in [3.63, 3.8) is 0 Å². The van der Waals surface area contributed by atoms with Gasteiger partial charge in [-0.15, -0.1) is 0 Å². The second kappa shape index (κ2) is 7.04. The summed E-state index contributed by atoms with van der Waals surface area (Å²) in [5.41, 5.74) is -0.455. The fourth-order valence-electron chi connectivity index (χ4n) is 2.32. The molecule has 0 aliphatic heterocycles. The zero-order valence-corrected chi connectivity index (χ0v) is 13.7. The maximum Gasteiger partial charge on any atom is 0.409 e. The van der Waals surface area contributed by atoms with E-state index in [4.69, 9.17) is 0 Å². The number of alkyl halides is 3. The van der Waals surface area contributed by atoms with Gasteiger partial charge in [-0.1, -0.05) is 19.1 Å². The molecule has 0 amide bonds. The van der Waals surface area contributed by atoms with Crippen LogP contribution in [0.25, 0.3) is 0 Å². The molecule has 1 aromatic heterocycles. The van der Waals surface area contributed by atoms with Crippen LogP contribution in [0, 0.1) is 11.6 Å². The van der Waals surface area contributed by atoms with Gasteiger partial charge in [-0.3, -0.25) is 4.98 Å². The third-order valence-corrected chi connectivity index (χ3v) is 5.29. The standard InChI is InChI=1S/C15H13F5N2O2S/c1-2-22(25(23,24)13-7-12(17)8-21-9-13)14(15(18,19)20)10-3-5-11(16)6-4-10/h3-9,14H,2H2,1H3/t14-/m0/s1. The number of rotatable bonds is 5. The van der Waals surface area contributed by atoms with Gasteiger partial charge in [0.2, 0.25) is 10.0 Å². The van der Waals surface area contributed by atoms with Crippen molar-refractivity contribution in [1.29, 1.82) is 0 Å². The van der Waals surface area contributed by atoms with Gasteiger partial charge < -0.3 is 0 Å². The Morgan fingerprint density at radius 1 is 1.08 bits per heavy atom. The predicted molar refractivity (Wildman–Crippen MR) is 79.0 cm³/mol. The van der Waals surface area contributed by atoms with Gasteiger partial charge in [-0.25, -0.2) is 17.2 Å². The second-order valence-electron chi connectivity index (χ2n) is 5.04. The first-order valence-corrected chi connectivity index (χ1v) is 8.46. The molecule has 0 spiro atoms. The summed E-state index contributed by atoms with van der Waals surface area (Å²) in [5, 5.41) is 0. The Bertz CT molecular complexity index is 838. The van der Waals surface area contributed by atoms with E-state index < -0.39 is 50.9 Å². The predicted octanol–water partition coefficient (Wildman–Crippen LogP) is 3.67. The summed E-state index contributed by atoms with van der Waals surface area (Å²) >= 11 is 0. The normalized spacial score (nSPS) is 13.9. The quantitative estimate of drug-likeness (QED) is 0.744. The van der Waals surface area contributed by atoms with Crippen molar-refractivity contribution in [1.82, 2.24) is 9.29 Å². The molecular weight excluding hydrogens is 367 g/mol. The minimum Gasteiger partial charge on any atom is -0.260 e. The van der Waals surface area contributed by atoms with E-state index in [1.807, 2.05) is 0 Å². The van der Waals surface area contributed by atoms with Crippen LogP contribution in [-0.4, -0.2) is 30.4 Å². The SMILES string of the molecule is CCN([C@@H](c1ccc(F)cc1)C(F)(F)F)S(=O)(=O)c1cncc(F)c1. The Kier molecular flexibility index (Phi) is 5.43. The van der Waals surface area contributed by atoms with E-state index in [0.717, 1.165) is 36.7 Å². The minimum absolute atomic E-state index is 0.177. The van der Waals surface area contributed by atoms with E-state index >= 15 is 0 Å². The average Bonchev–Trinajstić information content (AvgIpc) is 2.52. The average molecular weight is 380 g/mol. The first kappa shape index (κ1) is 19.3. The first-order chi connectivity index (χ1) is 11.6. The summed E-state index contributed by atoms with van der Waals surface area (Å²) in [6.45, 7) is 0.674. The summed E-state index contributed by atoms with van der Waals surface area (Å²) in [5.74, 6) is -1.76. The molecule has 0 N–H and O–H groups in total. The molecule has 0 aliphatic rings. The van der Waals surface area contributed by atoms with E-state index in [2.05, 4.69) is 4.98 Å². The lowest BCUT2D eigenvalue weighted by atomic mass is 10.1. The van der Waals surface area contributed by atoms with E-state index in [1.165, 1.54) is 6.92 Å². The van der Waals surface area contributed by atoms with Gasteiger partial charge in [0.25, 0.3) is 0 Å². The van der Waals surface area contributed by atoms with E-state index in [9.17, 15) is 30.4 Å². The van der Waals surface area contributed by atoms with Crippen molar-refractivity contribution < 1.29 is 30.4 Å². The molecule has 1 aromatic carbocycles. The summed E-state index contributed by atoms with van der Waals surface area (Å²) in [7, 11) is -4.70. The van der Waals surface area contributed by atoms with Gasteiger partial charge in [0.15, 0.2) is 0 Å². The molecule has 2 aromatic rings. The zero-order valence-electron chi connectivity index (χ0n) is 12.8. The Labute approximate surface area is 141 Å². The molecule has 25 heavy (non-hydrogen) atoms. The highest BCUT2D eigenvalue weighted by molar-refractivity contribution is 7.89. The molecule has 0 aliphatic carbocycles. The number of hydrogen-bond acceptors (Lipinski definition) is 3. The molecule has 0 saturated carbocycles. The van der Waals surface area contributed by atoms with Gasteiger partial charge in [-0.05, 0) is 23.8 Å². The molecule has 1 atom stereocenters. The van der Waals surface area contributed by atoms with Crippen LogP contribution in [0.5, 0.6) is 0 Å². The topological polar surface area (TPSA) is 50.3 Å². The van der Waals surface area contributed by atoms with Crippen molar-refractivity contribution in [2.24, 2.45) is 0 Å². The van der Waals surface area contributed by atoms with Gasteiger partial charge in [0.1, 0.15) is 22.6 Å². The number of aromatic nitrogens is 1. The molecule has 0 unspecified atom stereocenters. The number of pyridine rings is 1. The molecule has 0 fully saturated rings. The van der Waals surface area contributed by atoms with Crippen LogP contribution in [0.2, 0.25) is 0 Å². The van der Waals surface area contributed by atoms with E-state index in [1.54, 1.807) is 0 Å². The fourth-order valence-corrected chi connectivity index (χ4v) is 3.91. The largest absolute Gasteiger partial charge is 0.409 e. The monoisotopic (exact) mass is 380 g/mol. The fraction of sp³-hybridized carbons (Fsp3) is 0.267. The highest BCUT2D eigenvalue weighted by Crippen LogP contribution is 2.40. The van der Waals surface area contributed by atoms with Crippen molar-refractivity contribution in [3.8, 4) is 0 Å². The lowest BCUT2D eigenvalue weighted by molar-refractivity contribution is -0.173. The summed E-state index contributed by atoms with van der Waals surface area (Å²) < 4.78 is 92.4. The molecule has 10 heteroatoms. The minimum atomic E-state index is -4.97. The Morgan fingerprint density at radius 2 is 1.68 bits per heavy atom. The third kappa shape index (κ3) is 4.13. The van der Waals surface area contributed by atoms with Gasteiger partial charge in [-0.2, -0.15) is 17.5 Å². The number of hydrogen-bond donors (Lipinski definition) is 0. The molecule has 0 saturated heterocycles. The van der Waals surface area contributed by atoms with Crippen molar-refractivity contribution in [3.05, 3.63) is 59.9 Å². The first-order valence-electron chi connectivity index (χ1n) is 7.02. The van der Waals surface area contributed by atoms with Crippen molar-refractivity contribution in [2.45, 2.75) is 24.0 Å². The Morgan fingerprint density at radius 3 is 2.16 bits per heavy atom. The molecule has 0 bridgehead atoms. The number of benzene rings is 1. The van der Waals surface area contributed by atoms with Crippen LogP contribution in [0.1, 0.15) is 18.5 Å². The summed E-state index contributed by atoms with van der Waals surface area (Å²) in [6, 6.07) is 1.36. The molecule has 136 valence electrons. The van der Waals surface area contributed by atoms with Crippen LogP contribution in [-0.2, 0) is 10.0 Å². The van der Waals surface area contributed by atoms with Crippen molar-refractivity contribution >= 4 is 10.0 Å². The maximum atomic E-state index is 13.6. The van der Waals surface area contributed by atoms with E-state index in [-0.39, 0.29) is 4.31 Å². The van der Waals surface area contributed by atoms with Crippen molar-refractivity contribution in [2.75, 3.05) is 6.54 Å². The molecule has 0 radical (unpaired) electrons. The highest BCUT2D eigenvalue weighted by Gasteiger charge is 2.48. The summed E-state index contributed by atoms with van der Waals surface area (Å²) in [6.07, 6.45) is -3.47. The zero-order chi connectivity index (χ0) is 18.8. The third-order valence-electron chi connectivity index (χ3n) is 3.38. The molecule has 4 nitrogen and oxygen atoms in total. The lowest BCUT2D eigenvalue weighted by Crippen LogP contribution is -2.42. The van der Waals surface area contributed by atoms with Gasteiger partial charge in [0.05, 0.1) is 6.20 Å². The van der Waals surface area contributed by atoms with E-state index in [0.29, 0.717) is 6.07 Å². The highest BCUT2D eigenvalue weighted by atomic mass is 32.2. The number of sulfonamides is 1. The van der Waals surface area contributed by atoms with Crippen LogP contribution >= 0.6 is 0 Å². The van der Waals surface area contributed by atoms with Crippen LogP contribution in [0.3, 0.4) is 0 Å². The number of halogens is 5. The summed E-state index contributed by atoms with van der Waals surface area (Å²) in [4.78, 5) is 2.66. The van der Waals surface area contributed by atoms with Crippen LogP contribution in [0.4, 0.5) is 22.0 Å². The van der Waals surface area contributed by atoms with Gasteiger partial charge >= 0.3 is 6.18 Å². The van der Waals surface area contributed by atoms with Gasteiger partial charge in [0, 0.05) is 12.7 Å². The molecule has 2 rings (SSSR count). The Hall–Kier alpha value is -2.07. The van der Waals surface area contributed by atoms with Crippen LogP contribution < -0.4 is 0 Å². The second-order valence-corrected chi connectivity index (χ2v) is 6.93. The molecular formula is C15H13F5N2O2S. The smallest absolute Gasteiger partial charge is 0.260 e. The lowest BCUT2D eigenvalue weighted by Gasteiger charge is -2.31. The number of nitrogens with zero attached hydrogens (tertiary/aromatic N) is 2. The molecule has 1 heterocycles. The van der Waals surface area contributed by atoms with Crippen LogP contribution in [0.15, 0.2) is 47.6 Å². The maximum absolute atomic E-state index is 13.6. The Balaban J connectivity index is 2.59.